The van der Waals surface area contributed by atoms with E-state index in [-0.39, 0.29) is 36.6 Å². The first-order valence-electron chi connectivity index (χ1n) is 14.0. The molecule has 1 aliphatic carbocycles. The molecule has 0 spiro atoms. The minimum absolute atomic E-state index is 0.0472. The number of hydrogen-bond acceptors (Lipinski definition) is 4. The van der Waals surface area contributed by atoms with Crippen molar-refractivity contribution in [2.75, 3.05) is 10.2 Å². The predicted octanol–water partition coefficient (Wildman–Crippen LogP) is 6.29. The van der Waals surface area contributed by atoms with E-state index < -0.39 is 11.9 Å². The first-order chi connectivity index (χ1) is 19.3. The zero-order valence-corrected chi connectivity index (χ0v) is 23.1. The van der Waals surface area contributed by atoms with Crippen molar-refractivity contribution in [2.24, 2.45) is 0 Å². The lowest BCUT2D eigenvalue weighted by Gasteiger charge is -2.32. The van der Waals surface area contributed by atoms with Crippen LogP contribution >= 0.6 is 0 Å². The van der Waals surface area contributed by atoms with Crippen molar-refractivity contribution in [3.05, 3.63) is 89.9 Å². The van der Waals surface area contributed by atoms with Gasteiger partial charge in [-0.1, -0.05) is 57.0 Å². The van der Waals surface area contributed by atoms with Crippen LogP contribution in [0.15, 0.2) is 72.9 Å². The van der Waals surface area contributed by atoms with Crippen molar-refractivity contribution in [3.8, 4) is 0 Å². The van der Waals surface area contributed by atoms with Crippen LogP contribution < -0.4 is 15.5 Å². The van der Waals surface area contributed by atoms with Gasteiger partial charge in [-0.3, -0.25) is 19.3 Å². The molecule has 0 aliphatic heterocycles. The van der Waals surface area contributed by atoms with Crippen molar-refractivity contribution in [1.82, 2.24) is 10.3 Å². The normalized spacial score (nSPS) is 14.1. The second-order valence-corrected chi connectivity index (χ2v) is 10.6. The predicted molar refractivity (Wildman–Crippen MR) is 154 cm³/mol. The molecule has 8 heteroatoms. The van der Waals surface area contributed by atoms with Gasteiger partial charge in [-0.15, -0.1) is 0 Å². The van der Waals surface area contributed by atoms with Crippen molar-refractivity contribution in [3.63, 3.8) is 0 Å². The minimum atomic E-state index is -0.985. The third kappa shape index (κ3) is 7.74. The summed E-state index contributed by atoms with van der Waals surface area (Å²) in [4.78, 5) is 45.7. The Kier molecular flexibility index (Phi) is 10.00. The molecular weight excluding hydrogens is 507 g/mol. The average molecular weight is 545 g/mol. The number of hydrogen-bond donors (Lipinski definition) is 2. The number of carbonyl (C=O) groups excluding carboxylic acids is 3. The van der Waals surface area contributed by atoms with Gasteiger partial charge in [0.25, 0.3) is 0 Å². The van der Waals surface area contributed by atoms with E-state index in [1.54, 1.807) is 36.5 Å². The molecule has 1 aromatic heterocycles. The van der Waals surface area contributed by atoms with Gasteiger partial charge in [0.05, 0.1) is 0 Å². The highest BCUT2D eigenvalue weighted by molar-refractivity contribution is 6.01. The Bertz CT molecular complexity index is 1270. The fourth-order valence-electron chi connectivity index (χ4n) is 5.03. The number of rotatable bonds is 11. The Morgan fingerprint density at radius 2 is 1.60 bits per heavy atom. The molecule has 1 fully saturated rings. The lowest BCUT2D eigenvalue weighted by molar-refractivity contribution is -0.127. The molecule has 2 aromatic carbocycles. The molecule has 1 heterocycles. The van der Waals surface area contributed by atoms with Crippen LogP contribution in [0.1, 0.15) is 81.9 Å². The second-order valence-electron chi connectivity index (χ2n) is 10.6. The number of halogens is 1. The molecule has 3 aromatic rings. The summed E-state index contributed by atoms with van der Waals surface area (Å²) in [5.41, 5.74) is 2.20. The first-order valence-corrected chi connectivity index (χ1v) is 14.0. The third-order valence-electron chi connectivity index (χ3n) is 7.23. The van der Waals surface area contributed by atoms with Crippen LogP contribution in [0.5, 0.6) is 0 Å². The SMILES string of the molecule is CC(C)c1ccc(N(C(=O)CCCC(=O)Nc2ccccn2)C(C(=O)NC2CCCC2)c2ccc(F)cc2)cc1. The molecular formula is C32H37FN4O3. The molecule has 7 nitrogen and oxygen atoms in total. The Hall–Kier alpha value is -4.07. The lowest BCUT2D eigenvalue weighted by atomic mass is 9.99. The molecule has 1 saturated carbocycles. The van der Waals surface area contributed by atoms with Gasteiger partial charge in [0.1, 0.15) is 17.7 Å². The Balaban J connectivity index is 1.59. The molecule has 0 saturated heterocycles. The highest BCUT2D eigenvalue weighted by Gasteiger charge is 2.34. The summed E-state index contributed by atoms with van der Waals surface area (Å²) >= 11 is 0. The fraction of sp³-hybridized carbons (Fsp3) is 0.375. The average Bonchev–Trinajstić information content (AvgIpc) is 3.46. The number of pyridine rings is 1. The number of nitrogens with one attached hydrogen (secondary N) is 2. The van der Waals surface area contributed by atoms with Crippen molar-refractivity contribution < 1.29 is 18.8 Å². The highest BCUT2D eigenvalue weighted by atomic mass is 19.1. The number of amides is 3. The van der Waals surface area contributed by atoms with Crippen molar-refractivity contribution in [1.29, 1.82) is 0 Å². The second kappa shape index (κ2) is 13.8. The molecule has 1 atom stereocenters. The molecule has 4 rings (SSSR count). The van der Waals surface area contributed by atoms with E-state index in [4.69, 9.17) is 0 Å². The summed E-state index contributed by atoms with van der Waals surface area (Å²) in [5.74, 6) is -0.503. The zero-order valence-electron chi connectivity index (χ0n) is 23.1. The van der Waals surface area contributed by atoms with Gasteiger partial charge in [-0.25, -0.2) is 9.37 Å². The number of aromatic nitrogens is 1. The largest absolute Gasteiger partial charge is 0.351 e. The minimum Gasteiger partial charge on any atom is -0.351 e. The summed E-state index contributed by atoms with van der Waals surface area (Å²) < 4.78 is 13.9. The molecule has 0 bridgehead atoms. The van der Waals surface area contributed by atoms with Crippen LogP contribution in [0.3, 0.4) is 0 Å². The molecule has 210 valence electrons. The van der Waals surface area contributed by atoms with E-state index in [1.165, 1.54) is 17.0 Å². The number of benzene rings is 2. The smallest absolute Gasteiger partial charge is 0.248 e. The van der Waals surface area contributed by atoms with Gasteiger partial charge in [0, 0.05) is 30.8 Å². The topological polar surface area (TPSA) is 91.4 Å². The van der Waals surface area contributed by atoms with Gasteiger partial charge in [-0.2, -0.15) is 0 Å². The molecule has 1 aliphatic rings. The van der Waals surface area contributed by atoms with Crippen LogP contribution in [0.4, 0.5) is 15.9 Å². The van der Waals surface area contributed by atoms with Crippen LogP contribution in [-0.4, -0.2) is 28.7 Å². The van der Waals surface area contributed by atoms with E-state index >= 15 is 0 Å². The molecule has 2 N–H and O–H groups in total. The zero-order chi connectivity index (χ0) is 28.5. The van der Waals surface area contributed by atoms with Gasteiger partial charge in [-0.05, 0) is 72.7 Å². The maximum Gasteiger partial charge on any atom is 0.248 e. The van der Waals surface area contributed by atoms with E-state index in [0.29, 0.717) is 29.4 Å². The van der Waals surface area contributed by atoms with E-state index in [0.717, 1.165) is 31.2 Å². The van der Waals surface area contributed by atoms with E-state index in [2.05, 4.69) is 29.5 Å². The summed E-state index contributed by atoms with van der Waals surface area (Å²) in [6.45, 7) is 4.18. The van der Waals surface area contributed by atoms with E-state index in [1.807, 2.05) is 24.3 Å². The summed E-state index contributed by atoms with van der Waals surface area (Å²) in [6, 6.07) is 17.6. The summed E-state index contributed by atoms with van der Waals surface area (Å²) in [6.07, 6.45) is 5.94. The lowest BCUT2D eigenvalue weighted by Crippen LogP contribution is -2.46. The molecule has 0 radical (unpaired) electrons. The highest BCUT2D eigenvalue weighted by Crippen LogP contribution is 2.31. The third-order valence-corrected chi connectivity index (χ3v) is 7.23. The number of carbonyl (C=O) groups is 3. The molecule has 3 amide bonds. The van der Waals surface area contributed by atoms with Crippen LogP contribution in [0, 0.1) is 5.82 Å². The van der Waals surface area contributed by atoms with Gasteiger partial charge < -0.3 is 10.6 Å². The van der Waals surface area contributed by atoms with Gasteiger partial charge in [0.2, 0.25) is 17.7 Å². The molecule has 40 heavy (non-hydrogen) atoms. The maximum absolute atomic E-state index is 13.9. The van der Waals surface area contributed by atoms with Crippen molar-refractivity contribution >= 4 is 29.2 Å². The van der Waals surface area contributed by atoms with Crippen LogP contribution in [0.25, 0.3) is 0 Å². The van der Waals surface area contributed by atoms with Crippen molar-refractivity contribution in [2.45, 2.75) is 76.8 Å². The van der Waals surface area contributed by atoms with Gasteiger partial charge >= 0.3 is 0 Å². The monoisotopic (exact) mass is 544 g/mol. The maximum atomic E-state index is 13.9. The quantitative estimate of drug-likeness (QED) is 0.297. The fourth-order valence-corrected chi connectivity index (χ4v) is 5.03. The number of anilines is 2. The Morgan fingerprint density at radius 1 is 0.925 bits per heavy atom. The first kappa shape index (κ1) is 28.9. The van der Waals surface area contributed by atoms with E-state index in [9.17, 15) is 18.8 Å². The summed E-state index contributed by atoms with van der Waals surface area (Å²) in [5, 5.41) is 5.86. The summed E-state index contributed by atoms with van der Waals surface area (Å²) in [7, 11) is 0. The molecule has 1 unspecified atom stereocenters. The standard InChI is InChI=1S/C32H37FN4O3/c1-22(2)23-15-19-27(20-16-23)37(30(39)12-7-11-29(38)36-28-10-5-6-21-34-28)31(24-13-17-25(33)18-14-24)32(40)35-26-8-3-4-9-26/h5-6,10,13-22,26,31H,3-4,7-9,11-12H2,1-2H3,(H,35,40)(H,34,36,38). The Morgan fingerprint density at radius 3 is 2.23 bits per heavy atom. The van der Waals surface area contributed by atoms with Crippen LogP contribution in [0.2, 0.25) is 0 Å². The number of nitrogens with zero attached hydrogens (tertiary/aromatic N) is 2. The van der Waals surface area contributed by atoms with Crippen LogP contribution in [-0.2, 0) is 14.4 Å². The van der Waals surface area contributed by atoms with Gasteiger partial charge in [0.15, 0.2) is 0 Å². The Labute approximate surface area is 235 Å².